The molecule has 0 saturated heterocycles. The maximum Gasteiger partial charge on any atom is 0.0752 e. The van der Waals surface area contributed by atoms with E-state index in [2.05, 4.69) is 37.1 Å². The molecule has 3 rings (SSSR count). The van der Waals surface area contributed by atoms with E-state index in [1.807, 2.05) is 18.3 Å². The maximum atomic E-state index is 6.43. The van der Waals surface area contributed by atoms with Gasteiger partial charge >= 0.3 is 0 Å². The lowest BCUT2D eigenvalue weighted by Crippen LogP contribution is -2.25. The molecule has 1 aliphatic carbocycles. The van der Waals surface area contributed by atoms with Gasteiger partial charge in [0.1, 0.15) is 0 Å². The largest absolute Gasteiger partial charge is 0.380 e. The van der Waals surface area contributed by atoms with Crippen molar-refractivity contribution in [3.8, 4) is 0 Å². The Morgan fingerprint density at radius 3 is 2.84 bits per heavy atom. The Morgan fingerprint density at radius 1 is 1.42 bits per heavy atom. The van der Waals surface area contributed by atoms with Gasteiger partial charge in [0, 0.05) is 17.6 Å². The predicted octanol–water partition coefficient (Wildman–Crippen LogP) is 4.80. The van der Waals surface area contributed by atoms with Gasteiger partial charge in [0.05, 0.1) is 16.2 Å². The first-order valence-corrected chi connectivity index (χ1v) is 7.19. The summed E-state index contributed by atoms with van der Waals surface area (Å²) in [6.07, 6.45) is 4.42. The van der Waals surface area contributed by atoms with Crippen molar-refractivity contribution in [1.29, 1.82) is 0 Å². The zero-order valence-electron chi connectivity index (χ0n) is 11.6. The molecule has 1 aromatic heterocycles. The fourth-order valence-electron chi connectivity index (χ4n) is 2.55. The topological polar surface area (TPSA) is 24.9 Å². The van der Waals surface area contributed by atoms with Gasteiger partial charge in [0.25, 0.3) is 0 Å². The predicted molar refractivity (Wildman–Crippen MR) is 81.9 cm³/mol. The average molecular weight is 275 g/mol. The number of nitrogens with zero attached hydrogens (tertiary/aromatic N) is 1. The monoisotopic (exact) mass is 274 g/mol. The van der Waals surface area contributed by atoms with Crippen molar-refractivity contribution in [2.75, 3.05) is 5.32 Å². The zero-order chi connectivity index (χ0) is 13.6. The highest BCUT2D eigenvalue weighted by Crippen LogP contribution is 2.49. The van der Waals surface area contributed by atoms with Gasteiger partial charge in [0.2, 0.25) is 0 Å². The van der Waals surface area contributed by atoms with Crippen LogP contribution in [0.1, 0.15) is 32.3 Å². The molecule has 3 heteroatoms. The summed E-state index contributed by atoms with van der Waals surface area (Å²) in [5.74, 6) is 0. The molecule has 1 aromatic carbocycles. The molecule has 1 fully saturated rings. The molecule has 1 aliphatic rings. The number of anilines is 1. The summed E-state index contributed by atoms with van der Waals surface area (Å²) in [6.45, 7) is 6.62. The van der Waals surface area contributed by atoms with E-state index in [9.17, 15) is 0 Å². The van der Waals surface area contributed by atoms with Crippen molar-refractivity contribution in [2.24, 2.45) is 5.41 Å². The van der Waals surface area contributed by atoms with Crippen LogP contribution in [0.4, 0.5) is 5.69 Å². The Balaban J connectivity index is 2.07. The van der Waals surface area contributed by atoms with Crippen LogP contribution in [0.2, 0.25) is 5.02 Å². The van der Waals surface area contributed by atoms with Crippen LogP contribution in [0.25, 0.3) is 10.9 Å². The molecule has 1 N–H and O–H groups in total. The van der Waals surface area contributed by atoms with Crippen LogP contribution in [0.5, 0.6) is 0 Å². The van der Waals surface area contributed by atoms with Gasteiger partial charge < -0.3 is 5.32 Å². The quantitative estimate of drug-likeness (QED) is 0.870. The first-order valence-electron chi connectivity index (χ1n) is 6.82. The Kier molecular flexibility index (Phi) is 2.94. The van der Waals surface area contributed by atoms with Crippen LogP contribution < -0.4 is 5.32 Å². The van der Waals surface area contributed by atoms with Crippen LogP contribution in [0, 0.1) is 12.3 Å². The standard InChI is InChI=1S/C16H19ClN2/c1-10-9-13(17)15(12-5-4-8-18-14(10)12)19-11(2)16(3)6-7-16/h4-5,8-9,11,19H,6-7H2,1-3H3. The summed E-state index contributed by atoms with van der Waals surface area (Å²) in [5, 5.41) is 5.51. The first-order chi connectivity index (χ1) is 9.01. The SMILES string of the molecule is Cc1cc(Cl)c(NC(C)C2(C)CC2)c2cccnc12. The van der Waals surface area contributed by atoms with Crippen molar-refractivity contribution in [1.82, 2.24) is 4.98 Å². The molecule has 1 unspecified atom stereocenters. The van der Waals surface area contributed by atoms with Crippen LogP contribution in [-0.4, -0.2) is 11.0 Å². The Morgan fingerprint density at radius 2 is 2.16 bits per heavy atom. The molecule has 2 nitrogen and oxygen atoms in total. The van der Waals surface area contributed by atoms with Gasteiger partial charge in [-0.1, -0.05) is 18.5 Å². The van der Waals surface area contributed by atoms with Gasteiger partial charge in [0.15, 0.2) is 0 Å². The number of hydrogen-bond donors (Lipinski definition) is 1. The third-order valence-electron chi connectivity index (χ3n) is 4.48. The fourth-order valence-corrected chi connectivity index (χ4v) is 2.87. The lowest BCUT2D eigenvalue weighted by Gasteiger charge is -2.23. The van der Waals surface area contributed by atoms with Gasteiger partial charge in [-0.15, -0.1) is 0 Å². The minimum Gasteiger partial charge on any atom is -0.380 e. The summed E-state index contributed by atoms with van der Waals surface area (Å²) in [4.78, 5) is 4.47. The van der Waals surface area contributed by atoms with E-state index < -0.39 is 0 Å². The molecule has 0 aliphatic heterocycles. The number of halogens is 1. The van der Waals surface area contributed by atoms with Crippen LogP contribution in [0.15, 0.2) is 24.4 Å². The van der Waals surface area contributed by atoms with E-state index in [0.29, 0.717) is 11.5 Å². The van der Waals surface area contributed by atoms with E-state index in [1.165, 1.54) is 12.8 Å². The van der Waals surface area contributed by atoms with Gasteiger partial charge in [-0.25, -0.2) is 0 Å². The minimum absolute atomic E-state index is 0.419. The van der Waals surface area contributed by atoms with Crippen LogP contribution >= 0.6 is 11.6 Å². The smallest absolute Gasteiger partial charge is 0.0752 e. The molecule has 2 aromatic rings. The fraction of sp³-hybridized carbons (Fsp3) is 0.438. The van der Waals surface area contributed by atoms with Crippen LogP contribution in [0.3, 0.4) is 0 Å². The lowest BCUT2D eigenvalue weighted by molar-refractivity contribution is 0.494. The van der Waals surface area contributed by atoms with E-state index in [4.69, 9.17) is 11.6 Å². The lowest BCUT2D eigenvalue weighted by atomic mass is 9.99. The molecule has 1 saturated carbocycles. The Labute approximate surface area is 119 Å². The molecule has 0 bridgehead atoms. The summed E-state index contributed by atoms with van der Waals surface area (Å²) < 4.78 is 0. The number of fused-ring (bicyclic) bond motifs is 1. The molecule has 100 valence electrons. The second kappa shape index (κ2) is 4.38. The second-order valence-corrected chi connectivity index (χ2v) is 6.38. The molecule has 19 heavy (non-hydrogen) atoms. The molecule has 1 heterocycles. The van der Waals surface area contributed by atoms with Gasteiger partial charge in [-0.05, 0) is 55.9 Å². The Bertz CT molecular complexity index is 632. The second-order valence-electron chi connectivity index (χ2n) is 5.97. The van der Waals surface area contributed by atoms with E-state index >= 15 is 0 Å². The number of pyridine rings is 1. The summed E-state index contributed by atoms with van der Waals surface area (Å²) >= 11 is 6.43. The van der Waals surface area contributed by atoms with Crippen molar-refractivity contribution >= 4 is 28.2 Å². The number of nitrogens with one attached hydrogen (secondary N) is 1. The first kappa shape index (κ1) is 12.7. The normalized spacial score (nSPS) is 18.3. The summed E-state index contributed by atoms with van der Waals surface area (Å²) in [5.41, 5.74) is 3.60. The van der Waals surface area contributed by atoms with Gasteiger partial charge in [-0.2, -0.15) is 0 Å². The molecule has 0 radical (unpaired) electrons. The van der Waals surface area contributed by atoms with Crippen molar-refractivity contribution < 1.29 is 0 Å². The number of hydrogen-bond acceptors (Lipinski definition) is 2. The van der Waals surface area contributed by atoms with Crippen molar-refractivity contribution in [3.05, 3.63) is 35.0 Å². The van der Waals surface area contributed by atoms with Crippen molar-refractivity contribution in [2.45, 2.75) is 39.7 Å². The number of rotatable bonds is 3. The van der Waals surface area contributed by atoms with Crippen molar-refractivity contribution in [3.63, 3.8) is 0 Å². The molecule has 0 amide bonds. The highest BCUT2D eigenvalue weighted by molar-refractivity contribution is 6.35. The number of benzene rings is 1. The summed E-state index contributed by atoms with van der Waals surface area (Å²) in [6, 6.07) is 6.48. The average Bonchev–Trinajstić information content (AvgIpc) is 3.14. The van der Waals surface area contributed by atoms with E-state index in [1.54, 1.807) is 0 Å². The molecular formula is C16H19ClN2. The highest BCUT2D eigenvalue weighted by atomic mass is 35.5. The minimum atomic E-state index is 0.419. The maximum absolute atomic E-state index is 6.43. The zero-order valence-corrected chi connectivity index (χ0v) is 12.4. The summed E-state index contributed by atoms with van der Waals surface area (Å²) in [7, 11) is 0. The van der Waals surface area contributed by atoms with E-state index in [-0.39, 0.29) is 0 Å². The van der Waals surface area contributed by atoms with E-state index in [0.717, 1.165) is 27.2 Å². The highest BCUT2D eigenvalue weighted by Gasteiger charge is 2.42. The van der Waals surface area contributed by atoms with Gasteiger partial charge in [-0.3, -0.25) is 4.98 Å². The molecule has 0 spiro atoms. The number of aromatic nitrogens is 1. The third kappa shape index (κ3) is 2.18. The number of aryl methyl sites for hydroxylation is 1. The van der Waals surface area contributed by atoms with Crippen LogP contribution in [-0.2, 0) is 0 Å². The third-order valence-corrected chi connectivity index (χ3v) is 4.78. The Hall–Kier alpha value is -1.28. The molecular weight excluding hydrogens is 256 g/mol. The molecule has 1 atom stereocenters.